The molecule has 4 rings (SSSR count). The quantitative estimate of drug-likeness (QED) is 0.517. The molecule has 0 unspecified atom stereocenters. The predicted molar refractivity (Wildman–Crippen MR) is 110 cm³/mol. The highest BCUT2D eigenvalue weighted by molar-refractivity contribution is 6.35. The Balaban J connectivity index is 1.60. The van der Waals surface area contributed by atoms with Crippen molar-refractivity contribution in [2.45, 2.75) is 6.92 Å². The molecule has 0 saturated carbocycles. The molecule has 0 aliphatic rings. The summed E-state index contributed by atoms with van der Waals surface area (Å²) in [4.78, 5) is 16.9. The monoisotopic (exact) mass is 411 g/mol. The fraction of sp³-hybridized carbons (Fsp3) is 0.0500. The van der Waals surface area contributed by atoms with Crippen LogP contribution in [0.25, 0.3) is 11.5 Å². The molecule has 1 amide bonds. The van der Waals surface area contributed by atoms with Crippen molar-refractivity contribution in [2.75, 3.05) is 5.32 Å². The van der Waals surface area contributed by atoms with Gasteiger partial charge >= 0.3 is 0 Å². The first-order valence-corrected chi connectivity index (χ1v) is 9.20. The van der Waals surface area contributed by atoms with E-state index < -0.39 is 0 Å². The molecule has 0 aliphatic carbocycles. The van der Waals surface area contributed by atoms with Crippen molar-refractivity contribution in [2.24, 2.45) is 0 Å². The van der Waals surface area contributed by atoms with Crippen LogP contribution in [0.2, 0.25) is 10.0 Å². The third-order valence-electron chi connectivity index (χ3n) is 4.09. The Hall–Kier alpha value is -3.09. The normalized spacial score (nSPS) is 10.8. The number of aromatic nitrogens is 4. The molecule has 0 saturated heterocycles. The molecule has 1 aromatic carbocycles. The second-order valence-corrected chi connectivity index (χ2v) is 6.98. The maximum atomic E-state index is 12.7. The van der Waals surface area contributed by atoms with Crippen LogP contribution in [0.15, 0.2) is 67.1 Å². The summed E-state index contributed by atoms with van der Waals surface area (Å²) in [5, 5.41) is 8.00. The highest BCUT2D eigenvalue weighted by Crippen LogP contribution is 2.25. The van der Waals surface area contributed by atoms with E-state index in [0.29, 0.717) is 32.9 Å². The van der Waals surface area contributed by atoms with Gasteiger partial charge in [-0.05, 0) is 49.4 Å². The van der Waals surface area contributed by atoms with E-state index in [-0.39, 0.29) is 5.91 Å². The third kappa shape index (κ3) is 3.65. The van der Waals surface area contributed by atoms with Crippen LogP contribution in [0.3, 0.4) is 0 Å². The molecular formula is C20H15Cl2N5O. The molecule has 3 aromatic heterocycles. The second-order valence-electron chi connectivity index (χ2n) is 6.13. The lowest BCUT2D eigenvalue weighted by Gasteiger charge is -2.10. The summed E-state index contributed by atoms with van der Waals surface area (Å²) in [6.45, 7) is 1.82. The topological polar surface area (TPSA) is 64.7 Å². The summed E-state index contributed by atoms with van der Waals surface area (Å²) in [5.74, 6) is 0.594. The van der Waals surface area contributed by atoms with Crippen molar-refractivity contribution < 1.29 is 4.79 Å². The van der Waals surface area contributed by atoms with Crippen molar-refractivity contribution in [1.29, 1.82) is 0 Å². The van der Waals surface area contributed by atoms with Gasteiger partial charge in [-0.3, -0.25) is 4.79 Å². The minimum Gasteiger partial charge on any atom is -0.324 e. The van der Waals surface area contributed by atoms with Gasteiger partial charge in [-0.15, -0.1) is 0 Å². The lowest BCUT2D eigenvalue weighted by Crippen LogP contribution is -2.15. The Bertz CT molecular complexity index is 1130. The van der Waals surface area contributed by atoms with Gasteiger partial charge in [0.15, 0.2) is 5.82 Å². The maximum absolute atomic E-state index is 12.7. The number of carbonyl (C=O) groups is 1. The Morgan fingerprint density at radius 2 is 1.79 bits per heavy atom. The van der Waals surface area contributed by atoms with Gasteiger partial charge in [-0.1, -0.05) is 23.2 Å². The van der Waals surface area contributed by atoms with Gasteiger partial charge in [0, 0.05) is 35.9 Å². The summed E-state index contributed by atoms with van der Waals surface area (Å²) >= 11 is 12.2. The molecular weight excluding hydrogens is 397 g/mol. The zero-order valence-corrected chi connectivity index (χ0v) is 16.3. The third-order valence-corrected chi connectivity index (χ3v) is 4.58. The molecule has 0 bridgehead atoms. The van der Waals surface area contributed by atoms with E-state index in [9.17, 15) is 4.79 Å². The van der Waals surface area contributed by atoms with E-state index in [2.05, 4.69) is 15.4 Å². The number of amides is 1. The summed E-state index contributed by atoms with van der Waals surface area (Å²) in [6, 6.07) is 14.5. The van der Waals surface area contributed by atoms with E-state index in [1.54, 1.807) is 24.3 Å². The van der Waals surface area contributed by atoms with Gasteiger partial charge < -0.3 is 9.88 Å². The second kappa shape index (κ2) is 7.50. The van der Waals surface area contributed by atoms with Gasteiger partial charge in [0.25, 0.3) is 5.91 Å². The van der Waals surface area contributed by atoms with Crippen LogP contribution in [0.5, 0.6) is 0 Å². The summed E-state index contributed by atoms with van der Waals surface area (Å²) in [5.41, 5.74) is 2.21. The number of nitrogens with zero attached hydrogens (tertiary/aromatic N) is 4. The number of halogens is 2. The summed E-state index contributed by atoms with van der Waals surface area (Å²) in [7, 11) is 0. The first-order chi connectivity index (χ1) is 13.5. The molecule has 1 N–H and O–H groups in total. The average molecular weight is 412 g/mol. The predicted octanol–water partition coefficient (Wildman–Crippen LogP) is 4.93. The lowest BCUT2D eigenvalue weighted by molar-refractivity contribution is 0.102. The summed E-state index contributed by atoms with van der Waals surface area (Å²) in [6.07, 6.45) is 5.36. The first-order valence-electron chi connectivity index (χ1n) is 8.44. The van der Waals surface area contributed by atoms with Crippen LogP contribution >= 0.6 is 23.2 Å². The van der Waals surface area contributed by atoms with Gasteiger partial charge in [0.05, 0.1) is 15.7 Å². The van der Waals surface area contributed by atoms with Crippen LogP contribution < -0.4 is 5.32 Å². The number of rotatable bonds is 4. The molecule has 0 spiro atoms. The molecule has 4 aromatic rings. The minimum atomic E-state index is -0.259. The highest BCUT2D eigenvalue weighted by atomic mass is 35.5. The molecule has 3 heterocycles. The van der Waals surface area contributed by atoms with Crippen LogP contribution in [0.4, 0.5) is 5.82 Å². The largest absolute Gasteiger partial charge is 0.324 e. The van der Waals surface area contributed by atoms with E-state index in [1.165, 1.54) is 10.9 Å². The molecule has 0 radical (unpaired) electrons. The van der Waals surface area contributed by atoms with E-state index in [0.717, 1.165) is 5.69 Å². The molecule has 140 valence electrons. The van der Waals surface area contributed by atoms with E-state index in [1.807, 2.05) is 48.1 Å². The number of anilines is 1. The summed E-state index contributed by atoms with van der Waals surface area (Å²) < 4.78 is 3.45. The fourth-order valence-corrected chi connectivity index (χ4v) is 3.25. The maximum Gasteiger partial charge on any atom is 0.256 e. The minimum absolute atomic E-state index is 0.259. The van der Waals surface area contributed by atoms with E-state index >= 15 is 0 Å². The number of hydrogen-bond donors (Lipinski definition) is 1. The molecule has 6 nitrogen and oxygen atoms in total. The molecule has 0 atom stereocenters. The van der Waals surface area contributed by atoms with Crippen LogP contribution in [0.1, 0.15) is 16.1 Å². The lowest BCUT2D eigenvalue weighted by atomic mass is 10.2. The Morgan fingerprint density at radius 1 is 1.07 bits per heavy atom. The van der Waals surface area contributed by atoms with Gasteiger partial charge in [-0.25, -0.2) is 4.98 Å². The standard InChI is InChI=1S/C20H15Cl2N5O/c1-13-10-18(27(25-13)19-17(22)11-15(21)12-23-19)24-20(28)14-4-6-16(7-5-14)26-8-2-3-9-26/h2-12H,1H3,(H,24,28). The fourth-order valence-electron chi connectivity index (χ4n) is 2.79. The Kier molecular flexibility index (Phi) is 4.90. The van der Waals surface area contributed by atoms with Gasteiger partial charge in [-0.2, -0.15) is 9.78 Å². The van der Waals surface area contributed by atoms with E-state index in [4.69, 9.17) is 23.2 Å². The average Bonchev–Trinajstić information content (AvgIpc) is 3.32. The number of hydrogen-bond acceptors (Lipinski definition) is 3. The van der Waals surface area contributed by atoms with Gasteiger partial charge in [0.1, 0.15) is 5.82 Å². The SMILES string of the molecule is Cc1cc(NC(=O)c2ccc(-n3cccc3)cc2)n(-c2ncc(Cl)cc2Cl)n1. The zero-order chi connectivity index (χ0) is 19.7. The van der Waals surface area contributed by atoms with Crippen molar-refractivity contribution in [1.82, 2.24) is 19.3 Å². The number of nitrogens with one attached hydrogen (secondary N) is 1. The van der Waals surface area contributed by atoms with Crippen molar-refractivity contribution >= 4 is 34.9 Å². The molecule has 0 aliphatic heterocycles. The Labute approximate surface area is 171 Å². The highest BCUT2D eigenvalue weighted by Gasteiger charge is 2.15. The molecule has 8 heteroatoms. The number of benzene rings is 1. The number of pyridine rings is 1. The van der Waals surface area contributed by atoms with Crippen LogP contribution in [-0.2, 0) is 0 Å². The van der Waals surface area contributed by atoms with Crippen LogP contribution in [-0.4, -0.2) is 25.2 Å². The molecule has 0 fully saturated rings. The first kappa shape index (κ1) is 18.3. The molecule has 28 heavy (non-hydrogen) atoms. The van der Waals surface area contributed by atoms with Crippen LogP contribution in [0, 0.1) is 6.92 Å². The zero-order valence-electron chi connectivity index (χ0n) is 14.8. The number of carbonyl (C=O) groups excluding carboxylic acids is 1. The number of aryl methyl sites for hydroxylation is 1. The smallest absolute Gasteiger partial charge is 0.256 e. The van der Waals surface area contributed by atoms with Gasteiger partial charge in [0.2, 0.25) is 0 Å². The van der Waals surface area contributed by atoms with Crippen molar-refractivity contribution in [3.8, 4) is 11.5 Å². The Morgan fingerprint density at radius 3 is 2.46 bits per heavy atom. The van der Waals surface area contributed by atoms with Crippen molar-refractivity contribution in [3.63, 3.8) is 0 Å². The van der Waals surface area contributed by atoms with Crippen molar-refractivity contribution in [3.05, 3.63) is 88.4 Å².